The van der Waals surface area contributed by atoms with Crippen LogP contribution in [0.4, 0.5) is 17.3 Å². The molecule has 0 spiro atoms. The Morgan fingerprint density at radius 2 is 1.76 bits per heavy atom. The summed E-state index contributed by atoms with van der Waals surface area (Å²) in [5.74, 6) is 0.147. The van der Waals surface area contributed by atoms with E-state index >= 15 is 0 Å². The van der Waals surface area contributed by atoms with Crippen molar-refractivity contribution in [2.45, 2.75) is 13.8 Å². The second kappa shape index (κ2) is 7.32. The number of carbonyl (C=O) groups is 1. The van der Waals surface area contributed by atoms with E-state index in [0.29, 0.717) is 22.2 Å². The number of aryl methyl sites for hydroxylation is 1. The molecule has 1 aromatic heterocycles. The maximum Gasteiger partial charge on any atom is 0.258 e. The highest BCUT2D eigenvalue weighted by Gasteiger charge is 2.09. The van der Waals surface area contributed by atoms with Gasteiger partial charge in [-0.05, 0) is 49.2 Å². The summed E-state index contributed by atoms with van der Waals surface area (Å²) >= 11 is 5.91. The standard InChI is InChI=1S/C19H17ClN4O/c1-12-5-3-8-17(13(12)2)24-19-21-10-14(11-22-19)18(25)23-16-7-4-6-15(20)9-16/h3-11H,1-2H3,(H,23,25)(H,21,22,24). The van der Waals surface area contributed by atoms with Gasteiger partial charge in [-0.3, -0.25) is 4.79 Å². The van der Waals surface area contributed by atoms with Crippen molar-refractivity contribution in [3.05, 3.63) is 76.6 Å². The summed E-state index contributed by atoms with van der Waals surface area (Å²) in [6, 6.07) is 12.9. The van der Waals surface area contributed by atoms with Crippen molar-refractivity contribution in [3.63, 3.8) is 0 Å². The molecule has 0 atom stereocenters. The van der Waals surface area contributed by atoms with Crippen molar-refractivity contribution >= 4 is 34.8 Å². The van der Waals surface area contributed by atoms with Gasteiger partial charge in [0.1, 0.15) is 0 Å². The van der Waals surface area contributed by atoms with Gasteiger partial charge in [-0.15, -0.1) is 0 Å². The van der Waals surface area contributed by atoms with Gasteiger partial charge in [-0.1, -0.05) is 29.8 Å². The fourth-order valence-corrected chi connectivity index (χ4v) is 2.48. The van der Waals surface area contributed by atoms with E-state index in [0.717, 1.165) is 11.3 Å². The Labute approximate surface area is 151 Å². The molecule has 1 heterocycles. The van der Waals surface area contributed by atoms with E-state index in [1.807, 2.05) is 32.0 Å². The van der Waals surface area contributed by atoms with Gasteiger partial charge in [0.2, 0.25) is 5.95 Å². The second-order valence-electron chi connectivity index (χ2n) is 5.63. The second-order valence-corrected chi connectivity index (χ2v) is 6.07. The minimum absolute atomic E-state index is 0.291. The fraction of sp³-hybridized carbons (Fsp3) is 0.105. The smallest absolute Gasteiger partial charge is 0.258 e. The first-order valence-corrected chi connectivity index (χ1v) is 8.13. The molecule has 0 fully saturated rings. The van der Waals surface area contributed by atoms with Gasteiger partial charge in [-0.25, -0.2) is 9.97 Å². The van der Waals surface area contributed by atoms with Crippen LogP contribution in [-0.4, -0.2) is 15.9 Å². The van der Waals surface area contributed by atoms with Crippen LogP contribution in [0.25, 0.3) is 0 Å². The molecule has 0 saturated heterocycles. The van der Waals surface area contributed by atoms with Crippen LogP contribution in [-0.2, 0) is 0 Å². The predicted octanol–water partition coefficient (Wildman–Crippen LogP) is 4.74. The SMILES string of the molecule is Cc1cccc(Nc2ncc(C(=O)Nc3cccc(Cl)c3)cn2)c1C. The molecule has 0 radical (unpaired) electrons. The number of benzene rings is 2. The van der Waals surface area contributed by atoms with Crippen molar-refractivity contribution in [1.29, 1.82) is 0 Å². The molecule has 25 heavy (non-hydrogen) atoms. The Balaban J connectivity index is 1.71. The summed E-state index contributed by atoms with van der Waals surface area (Å²) < 4.78 is 0. The molecule has 1 amide bonds. The van der Waals surface area contributed by atoms with Gasteiger partial charge in [0, 0.05) is 28.8 Å². The molecular weight excluding hydrogens is 336 g/mol. The third kappa shape index (κ3) is 4.14. The topological polar surface area (TPSA) is 66.9 Å². The summed E-state index contributed by atoms with van der Waals surface area (Å²) in [6.07, 6.45) is 2.97. The number of hydrogen-bond donors (Lipinski definition) is 2. The molecule has 2 aromatic carbocycles. The molecule has 126 valence electrons. The van der Waals surface area contributed by atoms with Gasteiger partial charge >= 0.3 is 0 Å². The molecule has 0 unspecified atom stereocenters. The number of hydrogen-bond acceptors (Lipinski definition) is 4. The summed E-state index contributed by atoms with van der Waals surface area (Å²) in [7, 11) is 0. The minimum Gasteiger partial charge on any atom is -0.324 e. The average molecular weight is 353 g/mol. The molecule has 0 aliphatic carbocycles. The van der Waals surface area contributed by atoms with Crippen LogP contribution in [0.1, 0.15) is 21.5 Å². The molecular formula is C19H17ClN4O. The Bertz CT molecular complexity index is 910. The van der Waals surface area contributed by atoms with Gasteiger partial charge in [0.15, 0.2) is 0 Å². The Morgan fingerprint density at radius 1 is 1.04 bits per heavy atom. The molecule has 3 rings (SSSR count). The predicted molar refractivity (Wildman–Crippen MR) is 101 cm³/mol. The van der Waals surface area contributed by atoms with E-state index in [1.165, 1.54) is 18.0 Å². The summed E-state index contributed by atoms with van der Waals surface area (Å²) in [6.45, 7) is 4.08. The van der Waals surface area contributed by atoms with E-state index in [4.69, 9.17) is 11.6 Å². The van der Waals surface area contributed by atoms with Gasteiger partial charge in [-0.2, -0.15) is 0 Å². The highest BCUT2D eigenvalue weighted by Crippen LogP contribution is 2.21. The van der Waals surface area contributed by atoms with E-state index in [2.05, 4.69) is 20.6 Å². The number of halogens is 1. The Kier molecular flexibility index (Phi) is 4.95. The summed E-state index contributed by atoms with van der Waals surface area (Å²) in [5.41, 5.74) is 4.24. The van der Waals surface area contributed by atoms with E-state index in [1.54, 1.807) is 24.3 Å². The van der Waals surface area contributed by atoms with Crippen LogP contribution in [0.2, 0.25) is 5.02 Å². The van der Waals surface area contributed by atoms with Crippen molar-refractivity contribution in [1.82, 2.24) is 9.97 Å². The van der Waals surface area contributed by atoms with Crippen LogP contribution >= 0.6 is 11.6 Å². The number of anilines is 3. The van der Waals surface area contributed by atoms with Crippen molar-refractivity contribution < 1.29 is 4.79 Å². The van der Waals surface area contributed by atoms with Crippen LogP contribution in [0.5, 0.6) is 0 Å². The molecule has 6 heteroatoms. The monoisotopic (exact) mass is 352 g/mol. The lowest BCUT2D eigenvalue weighted by atomic mass is 10.1. The number of rotatable bonds is 4. The third-order valence-electron chi connectivity index (χ3n) is 3.85. The van der Waals surface area contributed by atoms with Crippen LogP contribution < -0.4 is 10.6 Å². The first-order chi connectivity index (χ1) is 12.0. The normalized spacial score (nSPS) is 10.4. The van der Waals surface area contributed by atoms with Gasteiger partial charge in [0.05, 0.1) is 5.56 Å². The zero-order valence-electron chi connectivity index (χ0n) is 13.9. The molecule has 5 nitrogen and oxygen atoms in total. The number of nitrogens with zero attached hydrogens (tertiary/aromatic N) is 2. The lowest BCUT2D eigenvalue weighted by Crippen LogP contribution is -2.13. The maximum atomic E-state index is 12.2. The van der Waals surface area contributed by atoms with Crippen molar-refractivity contribution in [2.24, 2.45) is 0 Å². The van der Waals surface area contributed by atoms with Crippen LogP contribution in [0.3, 0.4) is 0 Å². The first-order valence-electron chi connectivity index (χ1n) is 7.75. The van der Waals surface area contributed by atoms with Crippen LogP contribution in [0.15, 0.2) is 54.9 Å². The average Bonchev–Trinajstić information content (AvgIpc) is 2.59. The van der Waals surface area contributed by atoms with Crippen LogP contribution in [0, 0.1) is 13.8 Å². The Hall–Kier alpha value is -2.92. The number of amides is 1. The highest BCUT2D eigenvalue weighted by molar-refractivity contribution is 6.30. The zero-order chi connectivity index (χ0) is 17.8. The van der Waals surface area contributed by atoms with E-state index in [9.17, 15) is 4.79 Å². The molecule has 2 N–H and O–H groups in total. The summed E-state index contributed by atoms with van der Waals surface area (Å²) in [5, 5.41) is 6.48. The maximum absolute atomic E-state index is 12.2. The molecule has 3 aromatic rings. The zero-order valence-corrected chi connectivity index (χ0v) is 14.6. The molecule has 0 aliphatic rings. The van der Waals surface area contributed by atoms with Gasteiger partial charge < -0.3 is 10.6 Å². The lowest BCUT2D eigenvalue weighted by Gasteiger charge is -2.10. The quantitative estimate of drug-likeness (QED) is 0.711. The van der Waals surface area contributed by atoms with Crippen molar-refractivity contribution in [3.8, 4) is 0 Å². The number of carbonyl (C=O) groups excluding carboxylic acids is 1. The molecule has 0 bridgehead atoms. The fourth-order valence-electron chi connectivity index (χ4n) is 2.29. The van der Waals surface area contributed by atoms with Gasteiger partial charge in [0.25, 0.3) is 5.91 Å². The third-order valence-corrected chi connectivity index (χ3v) is 4.08. The van der Waals surface area contributed by atoms with E-state index in [-0.39, 0.29) is 5.91 Å². The summed E-state index contributed by atoms with van der Waals surface area (Å²) in [4.78, 5) is 20.7. The van der Waals surface area contributed by atoms with E-state index < -0.39 is 0 Å². The first kappa shape index (κ1) is 16.9. The largest absolute Gasteiger partial charge is 0.324 e. The molecule has 0 saturated carbocycles. The number of aromatic nitrogens is 2. The molecule has 0 aliphatic heterocycles. The highest BCUT2D eigenvalue weighted by atomic mass is 35.5. The number of nitrogens with one attached hydrogen (secondary N) is 2. The van der Waals surface area contributed by atoms with Crippen molar-refractivity contribution in [2.75, 3.05) is 10.6 Å². The Morgan fingerprint density at radius 3 is 2.48 bits per heavy atom. The lowest BCUT2D eigenvalue weighted by molar-refractivity contribution is 0.102. The minimum atomic E-state index is -0.291.